The van der Waals surface area contributed by atoms with E-state index in [-0.39, 0.29) is 6.54 Å². The summed E-state index contributed by atoms with van der Waals surface area (Å²) in [5.41, 5.74) is 9.74. The number of hydrogen-bond acceptors (Lipinski definition) is 7. The Labute approximate surface area is 176 Å². The molecule has 1 unspecified atom stereocenters. The Kier molecular flexibility index (Phi) is 7.31. The molecule has 0 aliphatic heterocycles. The summed E-state index contributed by atoms with van der Waals surface area (Å²) in [6.07, 6.45) is 12.0. The third kappa shape index (κ3) is 4.74. The van der Waals surface area contributed by atoms with Crippen molar-refractivity contribution in [2.45, 2.75) is 38.8 Å². The van der Waals surface area contributed by atoms with Crippen molar-refractivity contribution < 1.29 is 5.11 Å². The highest BCUT2D eigenvalue weighted by atomic mass is 16.3. The lowest BCUT2D eigenvalue weighted by molar-refractivity contribution is 0.183. The molecule has 0 aliphatic rings. The van der Waals surface area contributed by atoms with Crippen LogP contribution in [0, 0.1) is 0 Å². The molecule has 160 valence electrons. The maximum Gasteiger partial charge on any atom is 0.0999 e. The Morgan fingerprint density at radius 3 is 2.80 bits per heavy atom. The molecule has 4 N–H and O–H groups in total. The first kappa shape index (κ1) is 21.7. The number of aliphatic hydroxyl groups excluding tert-OH is 1. The minimum atomic E-state index is -0.557. The Morgan fingerprint density at radius 1 is 1.30 bits per heavy atom. The molecule has 0 amide bonds. The molecule has 0 aromatic carbocycles. The Bertz CT molecular complexity index is 1020. The van der Waals surface area contributed by atoms with Gasteiger partial charge in [0.1, 0.15) is 0 Å². The van der Waals surface area contributed by atoms with Crippen LogP contribution in [0.5, 0.6) is 0 Å². The number of nitrogens with one attached hydrogen (secondary N) is 1. The van der Waals surface area contributed by atoms with Crippen LogP contribution in [0.2, 0.25) is 0 Å². The van der Waals surface area contributed by atoms with Crippen molar-refractivity contribution in [2.75, 3.05) is 20.1 Å². The molecule has 0 saturated carbocycles. The van der Waals surface area contributed by atoms with Crippen molar-refractivity contribution in [3.63, 3.8) is 0 Å². The highest BCUT2D eigenvalue weighted by molar-refractivity contribution is 6.09. The number of likely N-dealkylation sites (N-methyl/N-ethyl adjacent to an activating group) is 1. The topological polar surface area (TPSA) is 119 Å². The predicted octanol–water partition coefficient (Wildman–Crippen LogP) is 1.90. The zero-order valence-corrected chi connectivity index (χ0v) is 17.7. The number of aromatic nitrogens is 5. The van der Waals surface area contributed by atoms with Gasteiger partial charge in [-0.15, -0.1) is 0 Å². The van der Waals surface area contributed by atoms with Gasteiger partial charge in [0.15, 0.2) is 0 Å². The normalized spacial score (nSPS) is 13.7. The standard InChI is InChI=1S/C21H30N8O/c1-4-17(5-2)28-13-16(10-26-28)21-20-6-7-25-29(20)14-19(27-21)15(8-22)9-24-12-18(30)11-23-3/h6-10,13-14,17-18,23,30H,4-5,11-12,22H2,1-3H3. The Balaban J connectivity index is 1.95. The smallest absolute Gasteiger partial charge is 0.0999 e. The number of aliphatic hydroxyl groups is 1. The van der Waals surface area contributed by atoms with Gasteiger partial charge in [0.2, 0.25) is 0 Å². The van der Waals surface area contributed by atoms with Crippen molar-refractivity contribution in [2.24, 2.45) is 10.7 Å². The average molecular weight is 411 g/mol. The zero-order chi connectivity index (χ0) is 21.5. The van der Waals surface area contributed by atoms with E-state index in [9.17, 15) is 5.11 Å². The van der Waals surface area contributed by atoms with Crippen LogP contribution in [0.15, 0.2) is 42.0 Å². The lowest BCUT2D eigenvalue weighted by atomic mass is 10.1. The van der Waals surface area contributed by atoms with Crippen LogP contribution in [0.4, 0.5) is 0 Å². The first-order valence-electron chi connectivity index (χ1n) is 10.2. The number of hydrogen-bond donors (Lipinski definition) is 3. The van der Waals surface area contributed by atoms with Crippen molar-refractivity contribution in [1.29, 1.82) is 0 Å². The highest BCUT2D eigenvalue weighted by Crippen LogP contribution is 2.26. The van der Waals surface area contributed by atoms with Gasteiger partial charge >= 0.3 is 0 Å². The van der Waals surface area contributed by atoms with Gasteiger partial charge in [0, 0.05) is 36.3 Å². The maximum atomic E-state index is 9.83. The minimum Gasteiger partial charge on any atom is -0.404 e. The Morgan fingerprint density at radius 2 is 2.10 bits per heavy atom. The zero-order valence-electron chi connectivity index (χ0n) is 17.7. The van der Waals surface area contributed by atoms with Crippen molar-refractivity contribution in [3.8, 4) is 11.3 Å². The fourth-order valence-electron chi connectivity index (χ4n) is 3.37. The fourth-order valence-corrected chi connectivity index (χ4v) is 3.37. The van der Waals surface area contributed by atoms with Crippen molar-refractivity contribution in [1.82, 2.24) is 29.7 Å². The number of allylic oxidation sites excluding steroid dienone is 1. The number of nitrogens with zero attached hydrogens (tertiary/aromatic N) is 6. The number of fused-ring (bicyclic) bond motifs is 1. The molecular weight excluding hydrogens is 380 g/mol. The van der Waals surface area contributed by atoms with E-state index in [0.717, 1.165) is 29.6 Å². The number of aliphatic imine (C=N–C) groups is 1. The van der Waals surface area contributed by atoms with E-state index in [0.29, 0.717) is 23.9 Å². The molecule has 0 saturated heterocycles. The maximum absolute atomic E-state index is 9.83. The first-order chi connectivity index (χ1) is 14.6. The van der Waals surface area contributed by atoms with Gasteiger partial charge in [0.25, 0.3) is 0 Å². The minimum absolute atomic E-state index is 0.275. The van der Waals surface area contributed by atoms with Crippen LogP contribution in [-0.4, -0.2) is 61.9 Å². The summed E-state index contributed by atoms with van der Waals surface area (Å²) >= 11 is 0. The highest BCUT2D eigenvalue weighted by Gasteiger charge is 2.15. The van der Waals surface area contributed by atoms with Gasteiger partial charge in [0.05, 0.1) is 54.2 Å². The van der Waals surface area contributed by atoms with Crippen LogP contribution in [0.1, 0.15) is 38.4 Å². The third-order valence-corrected chi connectivity index (χ3v) is 5.04. The molecule has 0 radical (unpaired) electrons. The second-order valence-electron chi connectivity index (χ2n) is 7.14. The van der Waals surface area contributed by atoms with E-state index in [1.165, 1.54) is 6.20 Å². The van der Waals surface area contributed by atoms with Crippen LogP contribution in [0.25, 0.3) is 22.3 Å². The number of rotatable bonds is 10. The monoisotopic (exact) mass is 410 g/mol. The van der Waals surface area contributed by atoms with Gasteiger partial charge in [-0.05, 0) is 26.0 Å². The molecule has 0 spiro atoms. The molecule has 9 heteroatoms. The summed E-state index contributed by atoms with van der Waals surface area (Å²) in [4.78, 5) is 9.15. The Hall–Kier alpha value is -3.04. The van der Waals surface area contributed by atoms with Gasteiger partial charge < -0.3 is 16.2 Å². The van der Waals surface area contributed by atoms with Gasteiger partial charge in [-0.2, -0.15) is 10.2 Å². The summed E-state index contributed by atoms with van der Waals surface area (Å²) < 4.78 is 3.78. The van der Waals surface area contributed by atoms with Crippen molar-refractivity contribution in [3.05, 3.63) is 42.7 Å². The third-order valence-electron chi connectivity index (χ3n) is 5.04. The van der Waals surface area contributed by atoms with Crippen LogP contribution >= 0.6 is 0 Å². The average Bonchev–Trinajstić information content (AvgIpc) is 3.41. The van der Waals surface area contributed by atoms with E-state index < -0.39 is 6.10 Å². The molecular formula is C21H30N8O. The van der Waals surface area contributed by atoms with Crippen LogP contribution in [0.3, 0.4) is 0 Å². The second-order valence-corrected chi connectivity index (χ2v) is 7.14. The first-order valence-corrected chi connectivity index (χ1v) is 10.2. The van der Waals surface area contributed by atoms with Crippen molar-refractivity contribution >= 4 is 17.3 Å². The lowest BCUT2D eigenvalue weighted by Gasteiger charge is -2.12. The summed E-state index contributed by atoms with van der Waals surface area (Å²) in [5, 5.41) is 21.7. The molecule has 9 nitrogen and oxygen atoms in total. The molecule has 1 atom stereocenters. The molecule has 3 aromatic rings. The van der Waals surface area contributed by atoms with E-state index >= 15 is 0 Å². The van der Waals surface area contributed by atoms with Gasteiger partial charge in [-0.3, -0.25) is 9.67 Å². The summed E-state index contributed by atoms with van der Waals surface area (Å²) in [6, 6.07) is 2.28. The lowest BCUT2D eigenvalue weighted by Crippen LogP contribution is -2.25. The SMILES string of the molecule is CCC(CC)n1cc(-c2nc(C(C=NCC(O)CNC)=CN)cn3nccc23)cn1. The van der Waals surface area contributed by atoms with E-state index in [2.05, 4.69) is 34.4 Å². The molecule has 3 heterocycles. The molecule has 0 bridgehead atoms. The van der Waals surface area contributed by atoms with E-state index in [1.54, 1.807) is 24.0 Å². The molecule has 3 aromatic heterocycles. The van der Waals surface area contributed by atoms with E-state index in [1.807, 2.05) is 29.3 Å². The fraction of sp³-hybridized carbons (Fsp3) is 0.429. The largest absolute Gasteiger partial charge is 0.404 e. The number of nitrogens with two attached hydrogens (primary N) is 1. The van der Waals surface area contributed by atoms with E-state index in [4.69, 9.17) is 10.7 Å². The second kappa shape index (κ2) is 10.1. The van der Waals surface area contributed by atoms with Crippen LogP contribution < -0.4 is 11.1 Å². The molecule has 0 fully saturated rings. The predicted molar refractivity (Wildman–Crippen MR) is 119 cm³/mol. The summed E-state index contributed by atoms with van der Waals surface area (Å²) in [6.45, 7) is 5.07. The van der Waals surface area contributed by atoms with Gasteiger partial charge in [-0.1, -0.05) is 13.8 Å². The summed E-state index contributed by atoms with van der Waals surface area (Å²) in [5.74, 6) is 0. The van der Waals surface area contributed by atoms with Gasteiger partial charge in [-0.25, -0.2) is 9.50 Å². The summed E-state index contributed by atoms with van der Waals surface area (Å²) in [7, 11) is 1.79. The molecule has 3 rings (SSSR count). The molecule has 30 heavy (non-hydrogen) atoms. The quantitative estimate of drug-likeness (QED) is 0.439. The molecule has 0 aliphatic carbocycles. The van der Waals surface area contributed by atoms with Crippen LogP contribution in [-0.2, 0) is 0 Å².